The zero-order valence-electron chi connectivity index (χ0n) is 16.4. The van der Waals surface area contributed by atoms with Crippen molar-refractivity contribution in [3.63, 3.8) is 0 Å². The highest BCUT2D eigenvalue weighted by Crippen LogP contribution is 2.28. The number of aliphatic hydroxyl groups excluding tert-OH is 1. The summed E-state index contributed by atoms with van der Waals surface area (Å²) in [7, 11) is 5.36. The van der Waals surface area contributed by atoms with Crippen LogP contribution in [-0.4, -0.2) is 81.5 Å². The van der Waals surface area contributed by atoms with Crippen molar-refractivity contribution >= 4 is 5.91 Å². The highest BCUT2D eigenvalue weighted by molar-refractivity contribution is 5.98. The van der Waals surface area contributed by atoms with Crippen molar-refractivity contribution in [3.05, 3.63) is 29.3 Å². The topological polar surface area (TPSA) is 62.2 Å². The van der Waals surface area contributed by atoms with Crippen molar-refractivity contribution in [1.29, 1.82) is 0 Å². The number of hydrogen-bond donors (Lipinski definition) is 1. The molecule has 1 fully saturated rings. The summed E-state index contributed by atoms with van der Waals surface area (Å²) in [5, 5.41) is 9.71. The van der Waals surface area contributed by atoms with Crippen molar-refractivity contribution < 1.29 is 19.4 Å². The van der Waals surface area contributed by atoms with Gasteiger partial charge in [0.25, 0.3) is 5.91 Å². The first kappa shape index (κ1) is 20.7. The highest BCUT2D eigenvalue weighted by Gasteiger charge is 2.32. The van der Waals surface area contributed by atoms with E-state index in [0.29, 0.717) is 36.9 Å². The summed E-state index contributed by atoms with van der Waals surface area (Å²) in [5.74, 6) is 1.04. The minimum Gasteiger partial charge on any atom is -0.496 e. The lowest BCUT2D eigenvalue weighted by Crippen LogP contribution is -2.48. The molecule has 2 atom stereocenters. The summed E-state index contributed by atoms with van der Waals surface area (Å²) in [6, 6.07) is 5.65. The Hall–Kier alpha value is -1.63. The summed E-state index contributed by atoms with van der Waals surface area (Å²) in [6.07, 6.45) is 0.933. The number of rotatable bonds is 8. The molecule has 0 aromatic heterocycles. The minimum absolute atomic E-state index is 0.0114. The number of benzene rings is 1. The molecule has 6 nitrogen and oxygen atoms in total. The van der Waals surface area contributed by atoms with Crippen molar-refractivity contribution in [2.75, 3.05) is 60.7 Å². The molecule has 1 heterocycles. The Kier molecular flexibility index (Phi) is 7.87. The highest BCUT2D eigenvalue weighted by atomic mass is 16.5. The average Bonchev–Trinajstić information content (AvgIpc) is 2.65. The SMILES string of the molecule is COCCN(C)C[C@H]1C[C@H](CO)CN(C(=O)c2c(C)cccc2OC)C1. The fourth-order valence-corrected chi connectivity index (χ4v) is 3.77. The van der Waals surface area contributed by atoms with E-state index in [1.54, 1.807) is 14.2 Å². The number of aryl methyl sites for hydroxylation is 1. The van der Waals surface area contributed by atoms with Gasteiger partial charge < -0.3 is 24.4 Å². The molecule has 0 saturated carbocycles. The van der Waals surface area contributed by atoms with Gasteiger partial charge in [0.2, 0.25) is 0 Å². The lowest BCUT2D eigenvalue weighted by atomic mass is 9.88. The van der Waals surface area contributed by atoms with Crippen LogP contribution in [0.25, 0.3) is 0 Å². The molecule has 0 radical (unpaired) electrons. The summed E-state index contributed by atoms with van der Waals surface area (Å²) in [4.78, 5) is 17.3. The maximum Gasteiger partial charge on any atom is 0.257 e. The molecule has 0 bridgehead atoms. The van der Waals surface area contributed by atoms with Gasteiger partial charge in [-0.15, -0.1) is 0 Å². The molecule has 1 N–H and O–H groups in total. The Morgan fingerprint density at radius 1 is 1.31 bits per heavy atom. The van der Waals surface area contributed by atoms with Crippen LogP contribution in [0.2, 0.25) is 0 Å². The fraction of sp³-hybridized carbons (Fsp3) is 0.650. The molecule has 1 aliphatic heterocycles. The number of piperidine rings is 1. The van der Waals surface area contributed by atoms with Crippen molar-refractivity contribution in [2.45, 2.75) is 13.3 Å². The second-order valence-electron chi connectivity index (χ2n) is 7.27. The number of carbonyl (C=O) groups is 1. The predicted molar refractivity (Wildman–Crippen MR) is 102 cm³/mol. The molecule has 0 unspecified atom stereocenters. The second-order valence-corrected chi connectivity index (χ2v) is 7.27. The monoisotopic (exact) mass is 364 g/mol. The van der Waals surface area contributed by atoms with Gasteiger partial charge in [-0.2, -0.15) is 0 Å². The number of ether oxygens (including phenoxy) is 2. The van der Waals surface area contributed by atoms with Crippen LogP contribution in [0.4, 0.5) is 0 Å². The molecule has 6 heteroatoms. The van der Waals surface area contributed by atoms with E-state index in [2.05, 4.69) is 11.9 Å². The normalized spacial score (nSPS) is 20.5. The summed E-state index contributed by atoms with van der Waals surface area (Å²) >= 11 is 0. The third-order valence-electron chi connectivity index (χ3n) is 5.08. The molecule has 0 aliphatic carbocycles. The molecular weight excluding hydrogens is 332 g/mol. The third-order valence-corrected chi connectivity index (χ3v) is 5.08. The van der Waals surface area contributed by atoms with E-state index in [0.717, 1.165) is 25.1 Å². The van der Waals surface area contributed by atoms with Crippen LogP contribution in [0, 0.1) is 18.8 Å². The van der Waals surface area contributed by atoms with E-state index < -0.39 is 0 Å². The van der Waals surface area contributed by atoms with Crippen LogP contribution in [0.15, 0.2) is 18.2 Å². The Morgan fingerprint density at radius 3 is 2.69 bits per heavy atom. The molecule has 146 valence electrons. The maximum atomic E-state index is 13.2. The van der Waals surface area contributed by atoms with E-state index in [1.165, 1.54) is 0 Å². The Bertz CT molecular complexity index is 593. The zero-order chi connectivity index (χ0) is 19.1. The standard InChI is InChI=1S/C20H32N2O4/c1-15-6-5-7-18(26-4)19(15)20(24)22-12-16(10-17(13-22)14-23)11-21(2)8-9-25-3/h5-7,16-17,23H,8-14H2,1-4H3/t16-,17+/m1/s1. The zero-order valence-corrected chi connectivity index (χ0v) is 16.4. The molecule has 0 spiro atoms. The van der Waals surface area contributed by atoms with Gasteiger partial charge >= 0.3 is 0 Å². The van der Waals surface area contributed by atoms with E-state index in [9.17, 15) is 9.90 Å². The smallest absolute Gasteiger partial charge is 0.257 e. The molecular formula is C20H32N2O4. The van der Waals surface area contributed by atoms with Gasteiger partial charge in [0, 0.05) is 39.9 Å². The molecule has 1 aromatic carbocycles. The number of hydrogen-bond acceptors (Lipinski definition) is 5. The summed E-state index contributed by atoms with van der Waals surface area (Å²) in [6.45, 7) is 5.75. The molecule has 2 rings (SSSR count). The Morgan fingerprint density at radius 2 is 2.04 bits per heavy atom. The molecule has 1 aromatic rings. The lowest BCUT2D eigenvalue weighted by molar-refractivity contribution is 0.0447. The summed E-state index contributed by atoms with van der Waals surface area (Å²) < 4.78 is 10.5. The van der Waals surface area contributed by atoms with E-state index in [1.807, 2.05) is 30.0 Å². The number of likely N-dealkylation sites (N-methyl/N-ethyl adjacent to an activating group) is 1. The Balaban J connectivity index is 2.13. The average molecular weight is 364 g/mol. The van der Waals surface area contributed by atoms with Crippen molar-refractivity contribution in [2.24, 2.45) is 11.8 Å². The van der Waals surface area contributed by atoms with Gasteiger partial charge in [-0.25, -0.2) is 0 Å². The predicted octanol–water partition coefficient (Wildman–Crippen LogP) is 1.65. The molecule has 1 aliphatic rings. The molecule has 1 saturated heterocycles. The second kappa shape index (κ2) is 9.90. The van der Waals surface area contributed by atoms with Gasteiger partial charge in [0.1, 0.15) is 5.75 Å². The van der Waals surface area contributed by atoms with Crippen molar-refractivity contribution in [1.82, 2.24) is 9.80 Å². The molecule has 26 heavy (non-hydrogen) atoms. The van der Waals surface area contributed by atoms with Crippen LogP contribution in [-0.2, 0) is 4.74 Å². The largest absolute Gasteiger partial charge is 0.496 e. The number of carbonyl (C=O) groups excluding carboxylic acids is 1. The van der Waals surface area contributed by atoms with Gasteiger partial charge in [-0.1, -0.05) is 12.1 Å². The van der Waals surface area contributed by atoms with Crippen LogP contribution < -0.4 is 4.74 Å². The van der Waals surface area contributed by atoms with Gasteiger partial charge in [0.05, 0.1) is 19.3 Å². The Labute approximate surface area is 156 Å². The number of likely N-dealkylation sites (tertiary alicyclic amines) is 1. The lowest BCUT2D eigenvalue weighted by Gasteiger charge is -2.39. The van der Waals surface area contributed by atoms with Crippen LogP contribution >= 0.6 is 0 Å². The fourth-order valence-electron chi connectivity index (χ4n) is 3.77. The quantitative estimate of drug-likeness (QED) is 0.760. The number of nitrogens with zero attached hydrogens (tertiary/aromatic N) is 2. The van der Waals surface area contributed by atoms with E-state index in [4.69, 9.17) is 9.47 Å². The third kappa shape index (κ3) is 5.19. The van der Waals surface area contributed by atoms with Gasteiger partial charge in [-0.05, 0) is 43.9 Å². The minimum atomic E-state index is -0.0114. The van der Waals surface area contributed by atoms with Crippen molar-refractivity contribution in [3.8, 4) is 5.75 Å². The van der Waals surface area contributed by atoms with E-state index in [-0.39, 0.29) is 18.4 Å². The van der Waals surface area contributed by atoms with Crippen LogP contribution in [0.1, 0.15) is 22.3 Å². The maximum absolute atomic E-state index is 13.2. The first-order valence-corrected chi connectivity index (χ1v) is 9.21. The summed E-state index contributed by atoms with van der Waals surface area (Å²) in [5.41, 5.74) is 1.54. The number of amides is 1. The van der Waals surface area contributed by atoms with E-state index >= 15 is 0 Å². The van der Waals surface area contributed by atoms with Gasteiger partial charge in [0.15, 0.2) is 0 Å². The first-order valence-electron chi connectivity index (χ1n) is 9.21. The van der Waals surface area contributed by atoms with Gasteiger partial charge in [-0.3, -0.25) is 4.79 Å². The number of methoxy groups -OCH3 is 2. The molecule has 1 amide bonds. The van der Waals surface area contributed by atoms with Crippen LogP contribution in [0.5, 0.6) is 5.75 Å². The van der Waals surface area contributed by atoms with Crippen LogP contribution in [0.3, 0.4) is 0 Å². The number of aliphatic hydroxyl groups is 1. The first-order chi connectivity index (χ1) is 12.5.